The van der Waals surface area contributed by atoms with Crippen molar-refractivity contribution in [3.05, 3.63) is 153 Å². The molecular formula is C51H60Cl2N6O4. The molecule has 0 amide bonds. The van der Waals surface area contributed by atoms with Crippen LogP contribution in [0.15, 0.2) is 109 Å². The van der Waals surface area contributed by atoms with Crippen LogP contribution in [0.4, 0.5) is 34.1 Å². The van der Waals surface area contributed by atoms with E-state index in [9.17, 15) is 0 Å². The summed E-state index contributed by atoms with van der Waals surface area (Å²) in [5, 5.41) is 8.65. The number of hydrogen-bond acceptors (Lipinski definition) is 10. The largest absolute Gasteiger partial charge is 0.496 e. The molecule has 12 heteroatoms. The van der Waals surface area contributed by atoms with Gasteiger partial charge in [-0.3, -0.25) is 0 Å². The zero-order chi connectivity index (χ0) is 45.5. The van der Waals surface area contributed by atoms with Crippen LogP contribution in [-0.4, -0.2) is 84.8 Å². The highest BCUT2D eigenvalue weighted by atomic mass is 35.5. The van der Waals surface area contributed by atoms with Gasteiger partial charge in [-0.05, 0) is 66.1 Å². The van der Waals surface area contributed by atoms with Crippen LogP contribution in [0.2, 0.25) is 10.0 Å². The van der Waals surface area contributed by atoms with Crippen LogP contribution in [0, 0.1) is 0 Å². The number of benzene rings is 6. The summed E-state index contributed by atoms with van der Waals surface area (Å²) in [6.07, 6.45) is 0.617. The van der Waals surface area contributed by atoms with Gasteiger partial charge in [0.2, 0.25) is 0 Å². The van der Waals surface area contributed by atoms with E-state index in [1.54, 1.807) is 28.4 Å². The van der Waals surface area contributed by atoms with Crippen LogP contribution in [0.3, 0.4) is 0 Å². The molecular weight excluding hydrogens is 832 g/mol. The van der Waals surface area contributed by atoms with Gasteiger partial charge in [-0.2, -0.15) is 0 Å². The fourth-order valence-corrected chi connectivity index (χ4v) is 8.15. The Labute approximate surface area is 383 Å². The molecule has 6 aromatic carbocycles. The molecule has 63 heavy (non-hydrogen) atoms. The number of nitrogens with zero attached hydrogens (tertiary/aromatic N) is 4. The summed E-state index contributed by atoms with van der Waals surface area (Å²) in [4.78, 5) is 8.21. The summed E-state index contributed by atoms with van der Waals surface area (Å²) in [7, 11) is 22.9. The number of anilines is 6. The predicted molar refractivity (Wildman–Crippen MR) is 266 cm³/mol. The van der Waals surface area contributed by atoms with Gasteiger partial charge in [0, 0.05) is 126 Å². The second-order valence-electron chi connectivity index (χ2n) is 16.2. The summed E-state index contributed by atoms with van der Waals surface area (Å²) in [6.45, 7) is 0. The van der Waals surface area contributed by atoms with E-state index in [1.807, 2.05) is 105 Å². The molecule has 6 aromatic rings. The molecule has 0 aliphatic carbocycles. The van der Waals surface area contributed by atoms with E-state index < -0.39 is 0 Å². The molecule has 332 valence electrons. The Morgan fingerprint density at radius 3 is 0.889 bits per heavy atom. The van der Waals surface area contributed by atoms with Crippen molar-refractivity contribution in [1.82, 2.24) is 0 Å². The van der Waals surface area contributed by atoms with Gasteiger partial charge in [0.1, 0.15) is 23.0 Å². The van der Waals surface area contributed by atoms with E-state index in [-0.39, 0.29) is 12.1 Å². The lowest BCUT2D eigenvalue weighted by atomic mass is 9.95. The molecule has 0 spiro atoms. The van der Waals surface area contributed by atoms with Crippen LogP contribution < -0.4 is 49.2 Å². The van der Waals surface area contributed by atoms with Crippen molar-refractivity contribution in [2.45, 2.75) is 18.5 Å². The van der Waals surface area contributed by atoms with Crippen LogP contribution in [0.1, 0.15) is 45.5 Å². The first-order valence-electron chi connectivity index (χ1n) is 20.7. The summed E-state index contributed by atoms with van der Waals surface area (Å²) in [5.74, 6) is 2.98. The normalized spacial score (nSPS) is 11.0. The zero-order valence-corrected chi connectivity index (χ0v) is 39.9. The summed E-state index contributed by atoms with van der Waals surface area (Å²) >= 11 is 14.3. The molecule has 2 N–H and O–H groups in total. The van der Waals surface area contributed by atoms with Gasteiger partial charge in [-0.1, -0.05) is 59.6 Å². The fraction of sp³-hybridized carbons (Fsp3) is 0.294. The Morgan fingerprint density at radius 2 is 0.667 bits per heavy atom. The standard InChI is InChI=1S/C51H60Cl2N6O4/c1-56(2)34-15-19-38(46(28-34)60-9)50(39-20-16-35(57(3)4)29-47(39)61-10)54-44-23-13-32(26-42(44)52)25-33-14-24-45(43(53)27-33)55-51(40-21-17-36(58(5)6)30-48(40)62-11)41-22-18-37(59(7)8)31-49(41)63-12/h13-24,26-31,50-51,54-55H,25H2,1-12H3. The molecule has 10 nitrogen and oxygen atoms in total. The zero-order valence-electron chi connectivity index (χ0n) is 38.4. The van der Waals surface area contributed by atoms with Crippen LogP contribution in [0.25, 0.3) is 0 Å². The first-order chi connectivity index (χ1) is 30.1. The molecule has 0 saturated carbocycles. The molecule has 0 radical (unpaired) electrons. The van der Waals surface area contributed by atoms with Gasteiger partial charge in [-0.25, -0.2) is 0 Å². The van der Waals surface area contributed by atoms with Gasteiger partial charge in [0.05, 0.1) is 61.9 Å². The van der Waals surface area contributed by atoms with Gasteiger partial charge in [-0.15, -0.1) is 0 Å². The maximum absolute atomic E-state index is 7.13. The maximum atomic E-state index is 7.13. The summed E-state index contributed by atoms with van der Waals surface area (Å²) < 4.78 is 23.9. The minimum Gasteiger partial charge on any atom is -0.496 e. The Morgan fingerprint density at radius 1 is 0.397 bits per heavy atom. The predicted octanol–water partition coefficient (Wildman–Crippen LogP) is 11.3. The van der Waals surface area contributed by atoms with Crippen molar-refractivity contribution < 1.29 is 18.9 Å². The monoisotopic (exact) mass is 890 g/mol. The third-order valence-corrected chi connectivity index (χ3v) is 11.9. The third-order valence-electron chi connectivity index (χ3n) is 11.3. The number of halogens is 2. The van der Waals surface area contributed by atoms with Crippen molar-refractivity contribution in [3.63, 3.8) is 0 Å². The fourth-order valence-electron chi connectivity index (χ4n) is 7.63. The van der Waals surface area contributed by atoms with Crippen molar-refractivity contribution in [3.8, 4) is 23.0 Å². The van der Waals surface area contributed by atoms with Gasteiger partial charge >= 0.3 is 0 Å². The maximum Gasteiger partial charge on any atom is 0.126 e. The lowest BCUT2D eigenvalue weighted by molar-refractivity contribution is 0.401. The number of methoxy groups -OCH3 is 4. The van der Waals surface area contributed by atoms with Crippen molar-refractivity contribution in [2.24, 2.45) is 0 Å². The second-order valence-corrected chi connectivity index (χ2v) is 17.1. The Hall–Kier alpha value is -6.10. The first kappa shape index (κ1) is 46.4. The third kappa shape index (κ3) is 10.6. The van der Waals surface area contributed by atoms with E-state index in [1.165, 1.54) is 0 Å². The SMILES string of the molecule is COc1cc(N(C)C)ccc1C(Nc1ccc(Cc2ccc(NC(c3ccc(N(C)C)cc3OC)c3ccc(N(C)C)cc3OC)c(Cl)c2)cc1Cl)c1ccc(N(C)C)cc1OC. The van der Waals surface area contributed by atoms with E-state index in [0.717, 1.165) is 90.5 Å². The van der Waals surface area contributed by atoms with Crippen LogP contribution >= 0.6 is 23.2 Å². The van der Waals surface area contributed by atoms with Crippen LogP contribution in [-0.2, 0) is 6.42 Å². The minimum absolute atomic E-state index is 0.356. The average Bonchev–Trinajstić information content (AvgIpc) is 3.27. The van der Waals surface area contributed by atoms with Gasteiger partial charge < -0.3 is 49.2 Å². The average molecular weight is 892 g/mol. The van der Waals surface area contributed by atoms with E-state index in [0.29, 0.717) is 16.5 Å². The second kappa shape index (κ2) is 20.4. The molecule has 0 saturated heterocycles. The Kier molecular flexibility index (Phi) is 15.0. The van der Waals surface area contributed by atoms with E-state index in [4.69, 9.17) is 42.1 Å². The molecule has 0 aliphatic rings. The summed E-state index contributed by atoms with van der Waals surface area (Å²) in [6, 6.07) is 36.4. The number of nitrogens with one attached hydrogen (secondary N) is 2. The molecule has 0 aliphatic heterocycles. The van der Waals surface area contributed by atoms with E-state index >= 15 is 0 Å². The molecule has 0 atom stereocenters. The Bertz CT molecular complexity index is 2240. The van der Waals surface area contributed by atoms with Crippen LogP contribution in [0.5, 0.6) is 23.0 Å². The highest BCUT2D eigenvalue weighted by molar-refractivity contribution is 6.33. The molecule has 0 unspecified atom stereocenters. The molecule has 6 rings (SSSR count). The van der Waals surface area contributed by atoms with Crippen molar-refractivity contribution >= 4 is 57.3 Å². The number of rotatable bonds is 18. The van der Waals surface area contributed by atoms with E-state index in [2.05, 4.69) is 90.9 Å². The quantitative estimate of drug-likeness (QED) is 0.0871. The lowest BCUT2D eigenvalue weighted by Gasteiger charge is -2.27. The topological polar surface area (TPSA) is 73.9 Å². The van der Waals surface area contributed by atoms with Gasteiger partial charge in [0.25, 0.3) is 0 Å². The van der Waals surface area contributed by atoms with Crippen molar-refractivity contribution in [2.75, 3.05) is 115 Å². The highest BCUT2D eigenvalue weighted by Gasteiger charge is 2.26. The number of ether oxygens (including phenoxy) is 4. The van der Waals surface area contributed by atoms with Crippen molar-refractivity contribution in [1.29, 1.82) is 0 Å². The number of hydrogen-bond donors (Lipinski definition) is 2. The molecule has 0 aromatic heterocycles. The Balaban J connectivity index is 1.30. The first-order valence-corrected chi connectivity index (χ1v) is 21.4. The smallest absolute Gasteiger partial charge is 0.126 e. The molecule has 0 heterocycles. The minimum atomic E-state index is -0.356. The molecule has 0 bridgehead atoms. The van der Waals surface area contributed by atoms with Gasteiger partial charge in [0.15, 0.2) is 0 Å². The highest BCUT2D eigenvalue weighted by Crippen LogP contribution is 2.43. The lowest BCUT2D eigenvalue weighted by Crippen LogP contribution is -2.17. The molecule has 0 fully saturated rings. The summed E-state index contributed by atoms with van der Waals surface area (Å²) in [5.41, 5.74) is 11.5.